The number of para-hydroxylation sites is 1. The minimum atomic E-state index is 0.498. The highest BCUT2D eigenvalue weighted by molar-refractivity contribution is 6.06. The van der Waals surface area contributed by atoms with Crippen molar-refractivity contribution in [3.05, 3.63) is 30.1 Å². The van der Waals surface area contributed by atoms with Crippen LogP contribution < -0.4 is 5.73 Å². The highest BCUT2D eigenvalue weighted by Gasteiger charge is 2.12. The molecule has 2 heterocycles. The summed E-state index contributed by atoms with van der Waals surface area (Å²) in [6, 6.07) is 7.98. The summed E-state index contributed by atoms with van der Waals surface area (Å²) in [6.45, 7) is 5.97. The molecule has 0 saturated carbocycles. The predicted molar refractivity (Wildman–Crippen MR) is 84.7 cm³/mol. The van der Waals surface area contributed by atoms with Crippen LogP contribution in [0.15, 0.2) is 24.3 Å². The van der Waals surface area contributed by atoms with Crippen molar-refractivity contribution >= 4 is 27.8 Å². The molecule has 5 heteroatoms. The summed E-state index contributed by atoms with van der Waals surface area (Å²) in [5, 5.41) is 8.09. The number of fused-ring (bicyclic) bond motifs is 3. The van der Waals surface area contributed by atoms with E-state index in [1.165, 1.54) is 0 Å². The molecular formula is C15H22N4O. The Kier molecular flexibility index (Phi) is 5.46. The van der Waals surface area contributed by atoms with Crippen molar-refractivity contribution in [3.8, 4) is 0 Å². The third kappa shape index (κ3) is 2.58. The number of aryl methyl sites for hydroxylation is 2. The van der Waals surface area contributed by atoms with Crippen LogP contribution in [0.4, 0.5) is 5.82 Å². The Morgan fingerprint density at radius 3 is 2.35 bits per heavy atom. The van der Waals surface area contributed by atoms with Crippen molar-refractivity contribution in [2.24, 2.45) is 7.05 Å². The van der Waals surface area contributed by atoms with E-state index in [0.29, 0.717) is 5.82 Å². The lowest BCUT2D eigenvalue weighted by atomic mass is 10.2. The summed E-state index contributed by atoms with van der Waals surface area (Å²) in [5.41, 5.74) is 8.68. The van der Waals surface area contributed by atoms with Crippen LogP contribution in [0.2, 0.25) is 0 Å². The van der Waals surface area contributed by atoms with Crippen LogP contribution in [0.1, 0.15) is 19.7 Å². The van der Waals surface area contributed by atoms with E-state index >= 15 is 0 Å². The van der Waals surface area contributed by atoms with Gasteiger partial charge in [-0.3, -0.25) is 0 Å². The number of nitrogens with zero attached hydrogens (tertiary/aromatic N) is 3. The molecule has 0 radical (unpaired) electrons. The number of imidazole rings is 1. The van der Waals surface area contributed by atoms with Crippen LogP contribution >= 0.6 is 0 Å². The van der Waals surface area contributed by atoms with Crippen molar-refractivity contribution in [2.75, 3.05) is 12.8 Å². The molecule has 3 rings (SSSR count). The Morgan fingerprint density at radius 1 is 1.10 bits per heavy atom. The molecule has 1 aromatic carbocycles. The van der Waals surface area contributed by atoms with Crippen molar-refractivity contribution in [3.63, 3.8) is 0 Å². The molecule has 0 spiro atoms. The first-order chi connectivity index (χ1) is 9.68. The fourth-order valence-electron chi connectivity index (χ4n) is 2.05. The molecule has 0 atom stereocenters. The summed E-state index contributed by atoms with van der Waals surface area (Å²) in [6.07, 6.45) is 0. The standard InChI is InChI=1S/C12H12N4.C2H6.CH4O/c1-7-14-10-11(16(7)2)8-5-3-4-6-9(8)15-12(10)13;2*1-2/h3-6H,1-2H3,(H2,13,15);1-2H3;2H,1H3. The maximum absolute atomic E-state index is 7.00. The number of aliphatic hydroxyl groups is 1. The fourth-order valence-corrected chi connectivity index (χ4v) is 2.05. The van der Waals surface area contributed by atoms with Crippen molar-refractivity contribution in [2.45, 2.75) is 20.8 Å². The smallest absolute Gasteiger partial charge is 0.152 e. The van der Waals surface area contributed by atoms with Gasteiger partial charge >= 0.3 is 0 Å². The summed E-state index contributed by atoms with van der Waals surface area (Å²) >= 11 is 0. The van der Waals surface area contributed by atoms with E-state index < -0.39 is 0 Å². The Hall–Kier alpha value is -2.14. The third-order valence-electron chi connectivity index (χ3n) is 2.96. The summed E-state index contributed by atoms with van der Waals surface area (Å²) < 4.78 is 2.05. The highest BCUT2D eigenvalue weighted by Crippen LogP contribution is 2.27. The molecule has 3 N–H and O–H groups in total. The number of hydrogen-bond acceptors (Lipinski definition) is 4. The number of aliphatic hydroxyl groups excluding tert-OH is 1. The van der Waals surface area contributed by atoms with Gasteiger partial charge in [0.2, 0.25) is 0 Å². The van der Waals surface area contributed by atoms with E-state index in [9.17, 15) is 0 Å². The van der Waals surface area contributed by atoms with Crippen LogP contribution in [0, 0.1) is 6.92 Å². The number of nitrogens with two attached hydrogens (primary N) is 1. The van der Waals surface area contributed by atoms with Gasteiger partial charge in [0, 0.05) is 19.5 Å². The van der Waals surface area contributed by atoms with Crippen LogP contribution in [-0.2, 0) is 7.05 Å². The first-order valence-corrected chi connectivity index (χ1v) is 6.60. The molecule has 0 aliphatic rings. The molecule has 0 aliphatic carbocycles. The van der Waals surface area contributed by atoms with Gasteiger partial charge in [0.25, 0.3) is 0 Å². The van der Waals surface area contributed by atoms with Crippen LogP contribution in [0.3, 0.4) is 0 Å². The molecule has 0 saturated heterocycles. The van der Waals surface area contributed by atoms with Gasteiger partial charge in [-0.2, -0.15) is 0 Å². The van der Waals surface area contributed by atoms with E-state index in [2.05, 4.69) is 14.5 Å². The minimum absolute atomic E-state index is 0.498. The van der Waals surface area contributed by atoms with Crippen molar-refractivity contribution < 1.29 is 5.11 Å². The van der Waals surface area contributed by atoms with E-state index in [4.69, 9.17) is 10.8 Å². The van der Waals surface area contributed by atoms with Gasteiger partial charge in [-0.05, 0) is 13.0 Å². The molecule has 0 bridgehead atoms. The van der Waals surface area contributed by atoms with E-state index in [0.717, 1.165) is 34.9 Å². The number of anilines is 1. The SMILES string of the molecule is CC.CO.Cc1nc2c(N)nc3ccccc3c2n1C. The lowest BCUT2D eigenvalue weighted by molar-refractivity contribution is 0.399. The summed E-state index contributed by atoms with van der Waals surface area (Å²) in [7, 11) is 3.00. The van der Waals surface area contributed by atoms with Gasteiger partial charge in [0.1, 0.15) is 11.3 Å². The van der Waals surface area contributed by atoms with Gasteiger partial charge < -0.3 is 15.4 Å². The predicted octanol–water partition coefficient (Wildman–Crippen LogP) is 2.65. The Balaban J connectivity index is 0.000000461. The second-order valence-electron chi connectivity index (χ2n) is 3.93. The Labute approximate surface area is 119 Å². The van der Waals surface area contributed by atoms with Crippen molar-refractivity contribution in [1.29, 1.82) is 0 Å². The molecule has 0 aliphatic heterocycles. The number of pyridine rings is 1. The Bertz CT molecular complexity index is 704. The molecule has 3 aromatic rings. The van der Waals surface area contributed by atoms with Gasteiger partial charge in [-0.15, -0.1) is 0 Å². The van der Waals surface area contributed by atoms with Crippen LogP contribution in [-0.4, -0.2) is 26.8 Å². The third-order valence-corrected chi connectivity index (χ3v) is 2.96. The second kappa shape index (κ2) is 6.86. The average molecular weight is 274 g/mol. The number of aromatic nitrogens is 3. The quantitative estimate of drug-likeness (QED) is 0.660. The van der Waals surface area contributed by atoms with Gasteiger partial charge in [0.05, 0.1) is 11.0 Å². The number of rotatable bonds is 0. The van der Waals surface area contributed by atoms with Gasteiger partial charge in [-0.25, -0.2) is 9.97 Å². The van der Waals surface area contributed by atoms with E-state index in [1.54, 1.807) is 0 Å². The van der Waals surface area contributed by atoms with Crippen LogP contribution in [0.5, 0.6) is 0 Å². The lowest BCUT2D eigenvalue weighted by Crippen LogP contribution is -1.95. The fraction of sp³-hybridized carbons (Fsp3) is 0.333. The number of nitrogen functional groups attached to an aromatic ring is 1. The second-order valence-corrected chi connectivity index (χ2v) is 3.93. The van der Waals surface area contributed by atoms with Crippen LogP contribution in [0.25, 0.3) is 21.9 Å². The summed E-state index contributed by atoms with van der Waals surface area (Å²) in [5.74, 6) is 1.44. The lowest BCUT2D eigenvalue weighted by Gasteiger charge is -2.03. The Morgan fingerprint density at radius 2 is 1.70 bits per heavy atom. The van der Waals surface area contributed by atoms with Crippen molar-refractivity contribution in [1.82, 2.24) is 14.5 Å². The molecule has 0 amide bonds. The molecule has 0 unspecified atom stereocenters. The largest absolute Gasteiger partial charge is 0.400 e. The molecule has 108 valence electrons. The zero-order valence-corrected chi connectivity index (χ0v) is 12.7. The van der Waals surface area contributed by atoms with Gasteiger partial charge in [0.15, 0.2) is 5.82 Å². The molecule has 5 nitrogen and oxygen atoms in total. The monoisotopic (exact) mass is 274 g/mol. The first kappa shape index (κ1) is 15.9. The molecular weight excluding hydrogens is 252 g/mol. The molecule has 2 aromatic heterocycles. The van der Waals surface area contributed by atoms with E-state index in [1.807, 2.05) is 52.1 Å². The van der Waals surface area contributed by atoms with E-state index in [-0.39, 0.29) is 0 Å². The maximum Gasteiger partial charge on any atom is 0.152 e. The number of hydrogen-bond donors (Lipinski definition) is 2. The molecule has 20 heavy (non-hydrogen) atoms. The normalized spacial score (nSPS) is 9.70. The van der Waals surface area contributed by atoms with Gasteiger partial charge in [-0.1, -0.05) is 32.0 Å². The topological polar surface area (TPSA) is 77.0 Å². The molecule has 0 fully saturated rings. The maximum atomic E-state index is 7.00. The summed E-state index contributed by atoms with van der Waals surface area (Å²) in [4.78, 5) is 8.80. The number of benzene rings is 1. The average Bonchev–Trinajstić information content (AvgIpc) is 2.81. The first-order valence-electron chi connectivity index (χ1n) is 6.60. The zero-order chi connectivity index (χ0) is 15.3. The zero-order valence-electron chi connectivity index (χ0n) is 12.7. The highest BCUT2D eigenvalue weighted by atomic mass is 16.2. The minimum Gasteiger partial charge on any atom is -0.400 e.